The van der Waals surface area contributed by atoms with Crippen LogP contribution in [0.5, 0.6) is 0 Å². The molecule has 5 heteroatoms. The number of nitrogens with one attached hydrogen (secondary N) is 1. The number of hydrogen-bond donors (Lipinski definition) is 1. The average Bonchev–Trinajstić information content (AvgIpc) is 2.53. The molecule has 0 bridgehead atoms. The maximum Gasteiger partial charge on any atom is 0.248 e. The molecule has 118 valence electrons. The highest BCUT2D eigenvalue weighted by molar-refractivity contribution is 6.30. The van der Waals surface area contributed by atoms with E-state index in [9.17, 15) is 9.18 Å². The Bertz CT molecular complexity index is 907. The minimum absolute atomic E-state index is 0.247. The van der Waals surface area contributed by atoms with Gasteiger partial charge in [0.2, 0.25) is 5.56 Å². The van der Waals surface area contributed by atoms with E-state index in [2.05, 4.69) is 9.88 Å². The summed E-state index contributed by atoms with van der Waals surface area (Å²) in [6.07, 6.45) is 0. The fourth-order valence-corrected chi connectivity index (χ4v) is 2.89. The Morgan fingerprint density at radius 1 is 1.17 bits per heavy atom. The molecular weight excluding hydrogens is 315 g/mol. The zero-order valence-electron chi connectivity index (χ0n) is 12.6. The molecule has 1 aromatic heterocycles. The van der Waals surface area contributed by atoms with Crippen LogP contribution in [0.15, 0.2) is 53.3 Å². The molecule has 0 aliphatic rings. The number of aromatic nitrogens is 1. The molecular formula is C18H16ClFN2O. The Kier molecular flexibility index (Phi) is 4.35. The van der Waals surface area contributed by atoms with Crippen molar-refractivity contribution >= 4 is 28.2 Å². The molecule has 1 heterocycles. The Morgan fingerprint density at radius 3 is 2.70 bits per heavy atom. The van der Waals surface area contributed by atoms with Crippen molar-refractivity contribution in [1.82, 2.24) is 4.98 Å². The summed E-state index contributed by atoms with van der Waals surface area (Å²) in [5, 5.41) is 1.37. The molecule has 2 aromatic carbocycles. The molecule has 3 aromatic rings. The van der Waals surface area contributed by atoms with Crippen molar-refractivity contribution in [3.8, 4) is 0 Å². The van der Waals surface area contributed by atoms with Crippen LogP contribution >= 0.6 is 11.6 Å². The van der Waals surface area contributed by atoms with Gasteiger partial charge in [0.05, 0.1) is 5.52 Å². The van der Waals surface area contributed by atoms with Crippen LogP contribution in [0.1, 0.15) is 12.5 Å². The first kappa shape index (κ1) is 15.6. The standard InChI is InChI=1S/C18H16ClFN2O/c1-2-22(14-6-3-5-13(19)10-14)11-12-9-17(23)21-18-15(12)7-4-8-16(18)20/h3-10H,2,11H2,1H3,(H,21,23). The Labute approximate surface area is 138 Å². The van der Waals surface area contributed by atoms with Crippen molar-refractivity contribution in [2.45, 2.75) is 13.5 Å². The lowest BCUT2D eigenvalue weighted by Gasteiger charge is -2.24. The van der Waals surface area contributed by atoms with Gasteiger partial charge in [-0.2, -0.15) is 0 Å². The number of fused-ring (bicyclic) bond motifs is 1. The van der Waals surface area contributed by atoms with Crippen molar-refractivity contribution in [1.29, 1.82) is 0 Å². The molecule has 3 rings (SSSR count). The summed E-state index contributed by atoms with van der Waals surface area (Å²) in [7, 11) is 0. The van der Waals surface area contributed by atoms with E-state index >= 15 is 0 Å². The molecule has 0 saturated heterocycles. The third-order valence-electron chi connectivity index (χ3n) is 3.83. The second-order valence-corrected chi connectivity index (χ2v) is 5.75. The van der Waals surface area contributed by atoms with Gasteiger partial charge in [-0.3, -0.25) is 4.79 Å². The molecule has 23 heavy (non-hydrogen) atoms. The second kappa shape index (κ2) is 6.42. The van der Waals surface area contributed by atoms with Crippen molar-refractivity contribution < 1.29 is 4.39 Å². The van der Waals surface area contributed by atoms with E-state index in [-0.39, 0.29) is 11.1 Å². The summed E-state index contributed by atoms with van der Waals surface area (Å²) < 4.78 is 13.9. The van der Waals surface area contributed by atoms with Crippen molar-refractivity contribution in [2.24, 2.45) is 0 Å². The summed E-state index contributed by atoms with van der Waals surface area (Å²) in [5.41, 5.74) is 1.69. The molecule has 0 spiro atoms. The molecule has 0 atom stereocenters. The summed E-state index contributed by atoms with van der Waals surface area (Å²) in [6.45, 7) is 3.27. The largest absolute Gasteiger partial charge is 0.367 e. The van der Waals surface area contributed by atoms with Crippen LogP contribution in [0.4, 0.5) is 10.1 Å². The van der Waals surface area contributed by atoms with Crippen LogP contribution in [-0.4, -0.2) is 11.5 Å². The van der Waals surface area contributed by atoms with Gasteiger partial charge in [-0.25, -0.2) is 4.39 Å². The summed E-state index contributed by atoms with van der Waals surface area (Å²) >= 11 is 6.06. The van der Waals surface area contributed by atoms with Crippen LogP contribution in [0.25, 0.3) is 10.9 Å². The van der Waals surface area contributed by atoms with Gasteiger partial charge in [0.25, 0.3) is 0 Å². The number of nitrogens with zero attached hydrogens (tertiary/aromatic N) is 1. The lowest BCUT2D eigenvalue weighted by Crippen LogP contribution is -2.23. The molecule has 0 aliphatic heterocycles. The highest BCUT2D eigenvalue weighted by Gasteiger charge is 2.11. The van der Waals surface area contributed by atoms with Crippen LogP contribution < -0.4 is 10.5 Å². The lowest BCUT2D eigenvalue weighted by atomic mass is 10.1. The van der Waals surface area contributed by atoms with E-state index in [1.165, 1.54) is 12.1 Å². The van der Waals surface area contributed by atoms with E-state index in [4.69, 9.17) is 11.6 Å². The van der Waals surface area contributed by atoms with Gasteiger partial charge in [-0.1, -0.05) is 29.8 Å². The smallest absolute Gasteiger partial charge is 0.248 e. The first-order valence-corrected chi connectivity index (χ1v) is 7.77. The van der Waals surface area contributed by atoms with Crippen molar-refractivity contribution in [2.75, 3.05) is 11.4 Å². The molecule has 0 unspecified atom stereocenters. The monoisotopic (exact) mass is 330 g/mol. The first-order chi connectivity index (χ1) is 11.1. The number of rotatable bonds is 4. The second-order valence-electron chi connectivity index (χ2n) is 5.32. The summed E-state index contributed by atoms with van der Waals surface area (Å²) in [5.74, 6) is -0.424. The zero-order valence-corrected chi connectivity index (χ0v) is 13.4. The van der Waals surface area contributed by atoms with Gasteiger partial charge >= 0.3 is 0 Å². The van der Waals surface area contributed by atoms with E-state index in [0.717, 1.165) is 17.8 Å². The molecule has 0 amide bonds. The van der Waals surface area contributed by atoms with Crippen molar-refractivity contribution in [3.05, 3.63) is 75.3 Å². The molecule has 0 saturated carbocycles. The van der Waals surface area contributed by atoms with E-state index in [1.54, 1.807) is 6.07 Å². The number of aromatic amines is 1. The predicted molar refractivity (Wildman–Crippen MR) is 92.7 cm³/mol. The maximum atomic E-state index is 13.9. The van der Waals surface area contributed by atoms with Gasteiger partial charge in [-0.05, 0) is 36.8 Å². The SMILES string of the molecule is CCN(Cc1cc(=O)[nH]c2c(F)cccc12)c1cccc(Cl)c1. The van der Waals surface area contributed by atoms with Crippen LogP contribution in [-0.2, 0) is 6.54 Å². The number of halogens is 2. The first-order valence-electron chi connectivity index (χ1n) is 7.39. The molecule has 3 nitrogen and oxygen atoms in total. The number of para-hydroxylation sites is 1. The Balaban J connectivity index is 2.06. The van der Waals surface area contributed by atoms with Crippen LogP contribution in [0.2, 0.25) is 5.02 Å². The summed E-state index contributed by atoms with van der Waals surface area (Å²) in [6, 6.07) is 13.9. The third-order valence-corrected chi connectivity index (χ3v) is 4.06. The highest BCUT2D eigenvalue weighted by Crippen LogP contribution is 2.24. The van der Waals surface area contributed by atoms with E-state index < -0.39 is 5.82 Å². The maximum absolute atomic E-state index is 13.9. The average molecular weight is 331 g/mol. The van der Waals surface area contributed by atoms with Gasteiger partial charge in [0.1, 0.15) is 5.82 Å². The zero-order chi connectivity index (χ0) is 16.4. The quantitative estimate of drug-likeness (QED) is 0.772. The topological polar surface area (TPSA) is 36.1 Å². The summed E-state index contributed by atoms with van der Waals surface area (Å²) in [4.78, 5) is 16.5. The predicted octanol–water partition coefficient (Wildman–Crippen LogP) is 4.35. The number of anilines is 1. The normalized spacial score (nSPS) is 10.9. The Hall–Kier alpha value is -2.33. The Morgan fingerprint density at radius 2 is 1.96 bits per heavy atom. The number of benzene rings is 2. The minimum Gasteiger partial charge on any atom is -0.367 e. The highest BCUT2D eigenvalue weighted by atomic mass is 35.5. The van der Waals surface area contributed by atoms with Gasteiger partial charge in [-0.15, -0.1) is 0 Å². The van der Waals surface area contributed by atoms with E-state index in [0.29, 0.717) is 17.0 Å². The number of hydrogen-bond acceptors (Lipinski definition) is 2. The molecule has 0 fully saturated rings. The van der Waals surface area contributed by atoms with Crippen LogP contribution in [0.3, 0.4) is 0 Å². The van der Waals surface area contributed by atoms with Crippen molar-refractivity contribution in [3.63, 3.8) is 0 Å². The number of pyridine rings is 1. The van der Waals surface area contributed by atoms with Crippen LogP contribution in [0, 0.1) is 5.82 Å². The number of H-pyrrole nitrogens is 1. The third kappa shape index (κ3) is 3.22. The van der Waals surface area contributed by atoms with Gasteiger partial charge in [0.15, 0.2) is 0 Å². The lowest BCUT2D eigenvalue weighted by molar-refractivity contribution is 0.636. The fourth-order valence-electron chi connectivity index (χ4n) is 2.71. The molecule has 1 N–H and O–H groups in total. The minimum atomic E-state index is -0.424. The van der Waals surface area contributed by atoms with Gasteiger partial charge in [0, 0.05) is 35.3 Å². The molecule has 0 aliphatic carbocycles. The fraction of sp³-hybridized carbons (Fsp3) is 0.167. The van der Waals surface area contributed by atoms with Gasteiger partial charge < -0.3 is 9.88 Å². The van der Waals surface area contributed by atoms with E-state index in [1.807, 2.05) is 37.3 Å². The molecule has 0 radical (unpaired) electrons.